The lowest BCUT2D eigenvalue weighted by Gasteiger charge is -1.97. The Morgan fingerprint density at radius 1 is 1.58 bits per heavy atom. The minimum atomic E-state index is 0.365. The molecule has 0 fully saturated rings. The zero-order valence-electron chi connectivity index (χ0n) is 6.96. The first kappa shape index (κ1) is 8.57. The summed E-state index contributed by atoms with van der Waals surface area (Å²) in [5.41, 5.74) is 12.6. The fourth-order valence-corrected chi connectivity index (χ4v) is 0.807. The van der Waals surface area contributed by atoms with Gasteiger partial charge in [0.15, 0.2) is 0 Å². The summed E-state index contributed by atoms with van der Waals surface area (Å²) in [6.45, 7) is 2.26. The van der Waals surface area contributed by atoms with E-state index in [4.69, 9.17) is 11.5 Å². The number of nitrogens with zero attached hydrogens (tertiary/aromatic N) is 1. The van der Waals surface area contributed by atoms with Crippen molar-refractivity contribution in [1.29, 1.82) is 0 Å². The lowest BCUT2D eigenvalue weighted by Crippen LogP contribution is -1.95. The van der Waals surface area contributed by atoms with Crippen LogP contribution in [0, 0.1) is 18.8 Å². The molecule has 0 atom stereocenters. The molecule has 1 heterocycles. The lowest BCUT2D eigenvalue weighted by molar-refractivity contribution is 1.26. The molecule has 1 rings (SSSR count). The Balaban J connectivity index is 2.97. The van der Waals surface area contributed by atoms with Crippen molar-refractivity contribution < 1.29 is 0 Å². The number of pyridine rings is 1. The molecule has 1 aromatic heterocycles. The maximum atomic E-state index is 5.53. The van der Waals surface area contributed by atoms with Gasteiger partial charge in [0.2, 0.25) is 0 Å². The molecule has 0 aliphatic carbocycles. The Labute approximate surface area is 71.8 Å². The zero-order chi connectivity index (χ0) is 8.97. The quantitative estimate of drug-likeness (QED) is 0.537. The first-order valence-corrected chi connectivity index (χ1v) is 3.65. The lowest BCUT2D eigenvalue weighted by atomic mass is 10.2. The molecule has 0 aliphatic rings. The van der Waals surface area contributed by atoms with Gasteiger partial charge in [-0.15, -0.1) is 0 Å². The largest absolute Gasteiger partial charge is 0.383 e. The van der Waals surface area contributed by atoms with E-state index in [9.17, 15) is 0 Å². The third-order valence-electron chi connectivity index (χ3n) is 1.45. The van der Waals surface area contributed by atoms with Gasteiger partial charge in [0.05, 0.1) is 6.54 Å². The number of nitrogen functional groups attached to an aromatic ring is 1. The zero-order valence-corrected chi connectivity index (χ0v) is 6.96. The van der Waals surface area contributed by atoms with Crippen LogP contribution in [0.2, 0.25) is 0 Å². The van der Waals surface area contributed by atoms with Crippen LogP contribution in [0.4, 0.5) is 5.82 Å². The van der Waals surface area contributed by atoms with Crippen molar-refractivity contribution in [3.8, 4) is 11.8 Å². The van der Waals surface area contributed by atoms with E-state index < -0.39 is 0 Å². The second kappa shape index (κ2) is 3.74. The smallest absolute Gasteiger partial charge is 0.126 e. The molecule has 62 valence electrons. The van der Waals surface area contributed by atoms with Gasteiger partial charge in [-0.05, 0) is 18.6 Å². The molecule has 1 aromatic rings. The predicted molar refractivity (Wildman–Crippen MR) is 49.3 cm³/mol. The summed E-state index contributed by atoms with van der Waals surface area (Å²) < 4.78 is 0. The van der Waals surface area contributed by atoms with E-state index in [0.29, 0.717) is 12.4 Å². The molecular formula is C9H11N3. The van der Waals surface area contributed by atoms with Crippen molar-refractivity contribution in [1.82, 2.24) is 4.98 Å². The molecule has 0 aliphatic heterocycles. The Bertz CT molecular complexity index is 333. The Morgan fingerprint density at radius 2 is 2.33 bits per heavy atom. The number of nitrogens with two attached hydrogens (primary N) is 2. The molecule has 12 heavy (non-hydrogen) atoms. The highest BCUT2D eigenvalue weighted by molar-refractivity contribution is 5.44. The highest BCUT2D eigenvalue weighted by Gasteiger charge is 1.93. The van der Waals surface area contributed by atoms with Crippen LogP contribution < -0.4 is 11.5 Å². The Morgan fingerprint density at radius 3 is 2.92 bits per heavy atom. The van der Waals surface area contributed by atoms with Crippen molar-refractivity contribution in [2.45, 2.75) is 6.92 Å². The Hall–Kier alpha value is -1.53. The molecule has 4 N–H and O–H groups in total. The van der Waals surface area contributed by atoms with Crippen molar-refractivity contribution in [3.05, 3.63) is 23.4 Å². The van der Waals surface area contributed by atoms with Gasteiger partial charge in [0, 0.05) is 11.8 Å². The van der Waals surface area contributed by atoms with E-state index in [1.807, 2.05) is 13.0 Å². The summed E-state index contributed by atoms with van der Waals surface area (Å²) in [5.74, 6) is 6.18. The molecule has 0 unspecified atom stereocenters. The van der Waals surface area contributed by atoms with Crippen molar-refractivity contribution >= 4 is 5.82 Å². The van der Waals surface area contributed by atoms with Crippen LogP contribution in [0.1, 0.15) is 11.1 Å². The summed E-state index contributed by atoms with van der Waals surface area (Å²) in [6, 6.07) is 1.89. The average Bonchev–Trinajstić information content (AvgIpc) is 2.07. The molecular weight excluding hydrogens is 150 g/mol. The van der Waals surface area contributed by atoms with Crippen LogP contribution in [0.5, 0.6) is 0 Å². The number of anilines is 1. The molecule has 3 nitrogen and oxygen atoms in total. The van der Waals surface area contributed by atoms with Crippen molar-refractivity contribution in [3.63, 3.8) is 0 Å². The number of hydrogen-bond acceptors (Lipinski definition) is 3. The monoisotopic (exact) mass is 161 g/mol. The molecule has 0 aromatic carbocycles. The van der Waals surface area contributed by atoms with Crippen LogP contribution in [-0.2, 0) is 0 Å². The second-order valence-electron chi connectivity index (χ2n) is 2.43. The van der Waals surface area contributed by atoms with E-state index in [1.165, 1.54) is 0 Å². The number of hydrogen-bond donors (Lipinski definition) is 2. The predicted octanol–water partition coefficient (Wildman–Crippen LogP) is 0.282. The topological polar surface area (TPSA) is 64.9 Å². The molecule has 0 amide bonds. The van der Waals surface area contributed by atoms with E-state index in [0.717, 1.165) is 11.1 Å². The Kier molecular flexibility index (Phi) is 2.67. The fourth-order valence-electron chi connectivity index (χ4n) is 0.807. The molecule has 0 saturated heterocycles. The first-order chi connectivity index (χ1) is 5.74. The number of rotatable bonds is 0. The standard InChI is InChI=1S/C9H11N3/c1-7-5-8(3-2-4-10)6-12-9(7)11/h5-6H,4,10H2,1H3,(H2,11,12). The van der Waals surface area contributed by atoms with Gasteiger partial charge in [-0.3, -0.25) is 0 Å². The highest BCUT2D eigenvalue weighted by atomic mass is 14.8. The number of aromatic nitrogens is 1. The van der Waals surface area contributed by atoms with Gasteiger partial charge in [-0.2, -0.15) is 0 Å². The van der Waals surface area contributed by atoms with Crippen LogP contribution >= 0.6 is 0 Å². The van der Waals surface area contributed by atoms with E-state index in [1.54, 1.807) is 6.20 Å². The normalized spacial score (nSPS) is 8.83. The maximum Gasteiger partial charge on any atom is 0.126 e. The molecule has 0 bridgehead atoms. The third-order valence-corrected chi connectivity index (χ3v) is 1.45. The second-order valence-corrected chi connectivity index (χ2v) is 2.43. The van der Waals surface area contributed by atoms with Gasteiger partial charge in [0.1, 0.15) is 5.82 Å². The van der Waals surface area contributed by atoms with Crippen molar-refractivity contribution in [2.24, 2.45) is 5.73 Å². The van der Waals surface area contributed by atoms with Crippen molar-refractivity contribution in [2.75, 3.05) is 12.3 Å². The number of aryl methyl sites for hydroxylation is 1. The summed E-state index contributed by atoms with van der Waals surface area (Å²) in [5, 5.41) is 0. The van der Waals surface area contributed by atoms with E-state index in [-0.39, 0.29) is 0 Å². The summed E-state index contributed by atoms with van der Waals surface area (Å²) in [7, 11) is 0. The van der Waals surface area contributed by atoms with E-state index in [2.05, 4.69) is 16.8 Å². The molecule has 0 saturated carbocycles. The fraction of sp³-hybridized carbons (Fsp3) is 0.222. The summed E-state index contributed by atoms with van der Waals surface area (Å²) in [4.78, 5) is 3.97. The minimum Gasteiger partial charge on any atom is -0.383 e. The maximum absolute atomic E-state index is 5.53. The van der Waals surface area contributed by atoms with Crippen LogP contribution in [0.15, 0.2) is 12.3 Å². The minimum absolute atomic E-state index is 0.365. The van der Waals surface area contributed by atoms with Gasteiger partial charge >= 0.3 is 0 Å². The van der Waals surface area contributed by atoms with Gasteiger partial charge < -0.3 is 11.5 Å². The first-order valence-electron chi connectivity index (χ1n) is 3.65. The summed E-state index contributed by atoms with van der Waals surface area (Å²) >= 11 is 0. The third kappa shape index (κ3) is 1.97. The highest BCUT2D eigenvalue weighted by Crippen LogP contribution is 2.07. The SMILES string of the molecule is Cc1cc(C#CCN)cnc1N. The van der Waals surface area contributed by atoms with E-state index >= 15 is 0 Å². The van der Waals surface area contributed by atoms with Crippen LogP contribution in [-0.4, -0.2) is 11.5 Å². The van der Waals surface area contributed by atoms with Crippen LogP contribution in [0.3, 0.4) is 0 Å². The molecule has 0 radical (unpaired) electrons. The van der Waals surface area contributed by atoms with Gasteiger partial charge in [-0.25, -0.2) is 4.98 Å². The van der Waals surface area contributed by atoms with Gasteiger partial charge in [-0.1, -0.05) is 11.8 Å². The van der Waals surface area contributed by atoms with Crippen LogP contribution in [0.25, 0.3) is 0 Å². The molecule has 3 heteroatoms. The average molecular weight is 161 g/mol. The summed E-state index contributed by atoms with van der Waals surface area (Å²) in [6.07, 6.45) is 1.64. The van der Waals surface area contributed by atoms with Gasteiger partial charge in [0.25, 0.3) is 0 Å². The molecule has 0 spiro atoms.